The van der Waals surface area contributed by atoms with E-state index in [0.717, 1.165) is 78.2 Å². The van der Waals surface area contributed by atoms with Crippen LogP contribution in [0, 0.1) is 0 Å². The van der Waals surface area contributed by atoms with Gasteiger partial charge in [0.25, 0.3) is 0 Å². The second-order valence-electron chi connectivity index (χ2n) is 24.5. The number of rotatable bonds is 9. The van der Waals surface area contributed by atoms with Gasteiger partial charge in [-0.1, -0.05) is 267 Å². The van der Waals surface area contributed by atoms with E-state index < -0.39 is 0 Å². The highest BCUT2D eigenvalue weighted by Crippen LogP contribution is 2.47. The standard InChI is InChI=1S/C88H58N4/c1-91-81-48-46-65(57-33-39-59(40-34-57)83-71-25-7-11-29-75(71)85(76-30-12-8-26-72(76)83)67-43-37-55-17-3-5-19-61(55)49-67)53-80(81)90-88(91)70-24-16-22-64(52-70)63-21-15-23-69(51-63)87-89-79-47-45-66(54-82(79)92(87)2)58-35-41-60(42-36-58)84-73-27-9-13-31-77(73)86(78-32-14-10-28-74(78)84)68-44-38-56-18-4-6-20-62(56)50-68/h3-54H,1-2H3. The third kappa shape index (κ3) is 8.75. The van der Waals surface area contributed by atoms with E-state index in [9.17, 15) is 0 Å². The molecule has 0 N–H and O–H groups in total. The zero-order valence-corrected chi connectivity index (χ0v) is 50.8. The van der Waals surface area contributed by atoms with Crippen molar-refractivity contribution in [2.45, 2.75) is 0 Å². The minimum Gasteiger partial charge on any atom is -0.327 e. The molecule has 0 atom stereocenters. The summed E-state index contributed by atoms with van der Waals surface area (Å²) in [5.74, 6) is 1.84. The summed E-state index contributed by atoms with van der Waals surface area (Å²) in [5, 5.41) is 15.0. The average molecular weight is 1170 g/mol. The molecule has 0 radical (unpaired) electrons. The first-order valence-electron chi connectivity index (χ1n) is 31.6. The van der Waals surface area contributed by atoms with Gasteiger partial charge in [0, 0.05) is 25.2 Å². The number of aryl methyl sites for hydroxylation is 2. The minimum absolute atomic E-state index is 0.922. The van der Waals surface area contributed by atoms with Gasteiger partial charge in [-0.3, -0.25) is 0 Å². The molecule has 2 heterocycles. The van der Waals surface area contributed by atoms with E-state index in [-0.39, 0.29) is 0 Å². The van der Waals surface area contributed by atoms with Crippen molar-refractivity contribution in [2.75, 3.05) is 0 Å². The fourth-order valence-electron chi connectivity index (χ4n) is 14.8. The van der Waals surface area contributed by atoms with Crippen LogP contribution in [0.5, 0.6) is 0 Å². The maximum absolute atomic E-state index is 5.33. The van der Waals surface area contributed by atoms with Crippen molar-refractivity contribution in [3.63, 3.8) is 0 Å². The third-order valence-electron chi connectivity index (χ3n) is 19.3. The van der Waals surface area contributed by atoms with E-state index in [1.807, 2.05) is 0 Å². The molecule has 4 heteroatoms. The molecule has 18 rings (SSSR count). The van der Waals surface area contributed by atoms with Crippen LogP contribution in [0.4, 0.5) is 0 Å². The molecule has 0 bridgehead atoms. The summed E-state index contributed by atoms with van der Waals surface area (Å²) < 4.78 is 4.45. The Labute approximate surface area is 532 Å². The highest BCUT2D eigenvalue weighted by atomic mass is 15.1. The molecule has 2 aromatic heterocycles. The van der Waals surface area contributed by atoms with Gasteiger partial charge < -0.3 is 9.13 Å². The topological polar surface area (TPSA) is 35.6 Å². The second-order valence-corrected chi connectivity index (χ2v) is 24.5. The zero-order valence-electron chi connectivity index (χ0n) is 50.8. The van der Waals surface area contributed by atoms with Crippen LogP contribution in [0.3, 0.4) is 0 Å². The largest absolute Gasteiger partial charge is 0.327 e. The molecular weight excluding hydrogens is 1110 g/mol. The molecule has 0 saturated carbocycles. The Morgan fingerprint density at radius 2 is 0.511 bits per heavy atom. The number of benzene rings is 16. The molecule has 0 saturated heterocycles. The van der Waals surface area contributed by atoms with Gasteiger partial charge in [0.1, 0.15) is 11.6 Å². The van der Waals surface area contributed by atoms with Crippen LogP contribution < -0.4 is 0 Å². The molecule has 0 spiro atoms. The predicted octanol–water partition coefficient (Wildman–Crippen LogP) is 23.4. The quantitative estimate of drug-likeness (QED) is 0.135. The Hall–Kier alpha value is -12.0. The van der Waals surface area contributed by atoms with Crippen molar-refractivity contribution in [2.24, 2.45) is 14.1 Å². The molecule has 0 amide bonds. The highest BCUT2D eigenvalue weighted by molar-refractivity contribution is 6.23. The van der Waals surface area contributed by atoms with Gasteiger partial charge in [-0.15, -0.1) is 0 Å². The number of hydrogen-bond acceptors (Lipinski definition) is 2. The highest BCUT2D eigenvalue weighted by Gasteiger charge is 2.21. The molecule has 92 heavy (non-hydrogen) atoms. The molecule has 0 unspecified atom stereocenters. The zero-order chi connectivity index (χ0) is 61.0. The molecule has 16 aromatic carbocycles. The molecule has 0 aliphatic carbocycles. The van der Waals surface area contributed by atoms with Crippen molar-refractivity contribution >= 4 is 86.7 Å². The van der Waals surface area contributed by atoms with Gasteiger partial charge in [0.15, 0.2) is 0 Å². The van der Waals surface area contributed by atoms with Crippen LogP contribution in [-0.4, -0.2) is 19.1 Å². The molecule has 0 aliphatic heterocycles. The van der Waals surface area contributed by atoms with Crippen LogP contribution in [0.15, 0.2) is 315 Å². The second kappa shape index (κ2) is 21.4. The Morgan fingerprint density at radius 3 is 0.957 bits per heavy atom. The average Bonchev–Trinajstić information content (AvgIpc) is 1.04. The van der Waals surface area contributed by atoms with Crippen molar-refractivity contribution in [1.82, 2.24) is 19.1 Å². The van der Waals surface area contributed by atoms with Gasteiger partial charge in [-0.2, -0.15) is 0 Å². The van der Waals surface area contributed by atoms with Crippen LogP contribution in [0.2, 0.25) is 0 Å². The lowest BCUT2D eigenvalue weighted by atomic mass is 9.85. The number of aromatic nitrogens is 4. The summed E-state index contributed by atoms with van der Waals surface area (Å²) in [5.41, 5.74) is 22.9. The number of hydrogen-bond donors (Lipinski definition) is 0. The summed E-state index contributed by atoms with van der Waals surface area (Å²) in [6.07, 6.45) is 0. The summed E-state index contributed by atoms with van der Waals surface area (Å²) >= 11 is 0. The Balaban J connectivity index is 0.620. The molecule has 18 aromatic rings. The minimum atomic E-state index is 0.922. The Kier molecular flexibility index (Phi) is 12.3. The summed E-state index contributed by atoms with van der Waals surface area (Å²) in [4.78, 5) is 10.6. The van der Waals surface area contributed by atoms with E-state index in [4.69, 9.17) is 9.97 Å². The SMILES string of the molecule is Cn1c(-c2cccc(-c3cccc(-c4nc5ccc(-c6ccc(-c7c8ccccc8c(-c8ccc9ccccc9c8)c8ccccc78)cc6)cc5n4C)c3)c2)nc2cc(-c3ccc(-c4c5ccccc5c(-c5ccc6ccccc6c5)c5ccccc45)cc3)ccc21. The van der Waals surface area contributed by atoms with Gasteiger partial charge in [-0.05, 0) is 191 Å². The molecular formula is C88H58N4. The van der Waals surface area contributed by atoms with Gasteiger partial charge in [0.2, 0.25) is 0 Å². The summed E-state index contributed by atoms with van der Waals surface area (Å²) in [7, 11) is 4.25. The molecule has 0 aliphatic rings. The maximum Gasteiger partial charge on any atom is 0.140 e. The first-order chi connectivity index (χ1) is 45.4. The maximum atomic E-state index is 5.33. The van der Waals surface area contributed by atoms with Crippen LogP contribution in [0.25, 0.3) is 187 Å². The van der Waals surface area contributed by atoms with Crippen molar-refractivity contribution < 1.29 is 0 Å². The van der Waals surface area contributed by atoms with E-state index in [2.05, 4.69) is 339 Å². The van der Waals surface area contributed by atoms with E-state index in [1.165, 1.54) is 109 Å². The van der Waals surface area contributed by atoms with Crippen LogP contribution in [0.1, 0.15) is 0 Å². The monoisotopic (exact) mass is 1170 g/mol. The summed E-state index contributed by atoms with van der Waals surface area (Å²) in [6, 6.07) is 116. The lowest BCUT2D eigenvalue weighted by Gasteiger charge is -2.18. The van der Waals surface area contributed by atoms with Crippen molar-refractivity contribution in [3.05, 3.63) is 315 Å². The van der Waals surface area contributed by atoms with E-state index in [0.29, 0.717) is 0 Å². The lowest BCUT2D eigenvalue weighted by Crippen LogP contribution is -1.94. The molecule has 0 fully saturated rings. The summed E-state index contributed by atoms with van der Waals surface area (Å²) in [6.45, 7) is 0. The first kappa shape index (κ1) is 53.1. The fourth-order valence-corrected chi connectivity index (χ4v) is 14.8. The number of imidazole rings is 2. The van der Waals surface area contributed by atoms with Gasteiger partial charge in [0.05, 0.1) is 22.1 Å². The number of fused-ring (bicyclic) bond motifs is 8. The smallest absolute Gasteiger partial charge is 0.140 e. The molecule has 430 valence electrons. The van der Waals surface area contributed by atoms with E-state index in [1.54, 1.807) is 0 Å². The third-order valence-corrected chi connectivity index (χ3v) is 19.3. The van der Waals surface area contributed by atoms with Crippen LogP contribution in [-0.2, 0) is 14.1 Å². The Morgan fingerprint density at radius 1 is 0.196 bits per heavy atom. The normalized spacial score (nSPS) is 11.8. The van der Waals surface area contributed by atoms with Crippen molar-refractivity contribution in [3.8, 4) is 101 Å². The first-order valence-corrected chi connectivity index (χ1v) is 31.6. The predicted molar refractivity (Wildman–Crippen MR) is 389 cm³/mol. The van der Waals surface area contributed by atoms with Crippen LogP contribution >= 0.6 is 0 Å². The Bertz CT molecular complexity index is 5870. The van der Waals surface area contributed by atoms with Gasteiger partial charge >= 0.3 is 0 Å². The van der Waals surface area contributed by atoms with E-state index >= 15 is 0 Å². The van der Waals surface area contributed by atoms with Gasteiger partial charge in [-0.25, -0.2) is 9.97 Å². The fraction of sp³-hybridized carbons (Fsp3) is 0.0227. The molecule has 4 nitrogen and oxygen atoms in total. The number of nitrogens with zero attached hydrogens (tertiary/aromatic N) is 4. The lowest BCUT2D eigenvalue weighted by molar-refractivity contribution is 0.959. The van der Waals surface area contributed by atoms with Crippen molar-refractivity contribution in [1.29, 1.82) is 0 Å².